The summed E-state index contributed by atoms with van der Waals surface area (Å²) >= 11 is 0. The summed E-state index contributed by atoms with van der Waals surface area (Å²) in [4.78, 5) is 10.8. The van der Waals surface area contributed by atoms with E-state index >= 15 is 0 Å². The standard InChI is InChI=1S/C13H16F2NO4P/c1-3-9-13(14,15)21(19,16-10(2)12(17)18)20-11-7-5-4-6-8-11/h3-8,10H,1,9H2,2H3,(H,16,19)(H,17,18)/t10-,21?/m0/s1. The normalized spacial score (nSPS) is 15.8. The number of carboxylic acids is 1. The molecule has 1 rings (SSSR count). The minimum absolute atomic E-state index is 0.0466. The van der Waals surface area contributed by atoms with E-state index in [1.54, 1.807) is 6.07 Å². The van der Waals surface area contributed by atoms with Gasteiger partial charge in [0.25, 0.3) is 0 Å². The Labute approximate surface area is 121 Å². The van der Waals surface area contributed by atoms with Crippen LogP contribution in [0.4, 0.5) is 8.78 Å². The molecular weight excluding hydrogens is 303 g/mol. The highest BCUT2D eigenvalue weighted by atomic mass is 31.2. The Morgan fingerprint density at radius 2 is 2.10 bits per heavy atom. The Hall–Kier alpha value is -1.72. The van der Waals surface area contributed by atoms with Gasteiger partial charge in [-0.1, -0.05) is 24.3 Å². The predicted molar refractivity (Wildman–Crippen MR) is 74.7 cm³/mol. The molecule has 0 saturated carbocycles. The van der Waals surface area contributed by atoms with E-state index in [0.717, 1.165) is 13.0 Å². The highest BCUT2D eigenvalue weighted by Gasteiger charge is 2.53. The van der Waals surface area contributed by atoms with Gasteiger partial charge < -0.3 is 9.63 Å². The van der Waals surface area contributed by atoms with Gasteiger partial charge in [-0.2, -0.15) is 8.78 Å². The maximum atomic E-state index is 14.1. The lowest BCUT2D eigenvalue weighted by Crippen LogP contribution is -2.38. The number of alkyl halides is 2. The van der Waals surface area contributed by atoms with Crippen LogP contribution in [-0.4, -0.2) is 22.8 Å². The fourth-order valence-corrected chi connectivity index (χ4v) is 3.20. The van der Waals surface area contributed by atoms with E-state index in [-0.39, 0.29) is 5.75 Å². The highest BCUT2D eigenvalue weighted by molar-refractivity contribution is 7.58. The van der Waals surface area contributed by atoms with Crippen molar-refractivity contribution >= 4 is 13.5 Å². The van der Waals surface area contributed by atoms with Crippen molar-refractivity contribution < 1.29 is 27.8 Å². The SMILES string of the molecule is C=CCC(F)(F)P(=O)(N[C@@H](C)C(=O)O)Oc1ccccc1. The van der Waals surface area contributed by atoms with Crippen LogP contribution in [0.25, 0.3) is 0 Å². The smallest absolute Gasteiger partial charge is 0.386 e. The predicted octanol–water partition coefficient (Wildman–Crippen LogP) is 3.49. The number of rotatable bonds is 8. The van der Waals surface area contributed by atoms with E-state index in [1.165, 1.54) is 24.3 Å². The first-order valence-electron chi connectivity index (χ1n) is 6.06. The molecule has 116 valence electrons. The molecule has 0 fully saturated rings. The molecule has 0 spiro atoms. The number of carbonyl (C=O) groups is 1. The lowest BCUT2D eigenvalue weighted by molar-refractivity contribution is -0.138. The zero-order valence-electron chi connectivity index (χ0n) is 11.3. The van der Waals surface area contributed by atoms with Gasteiger partial charge in [-0.05, 0) is 19.1 Å². The second kappa shape index (κ2) is 6.83. The molecule has 0 heterocycles. The van der Waals surface area contributed by atoms with E-state index < -0.39 is 31.6 Å². The Bertz CT molecular complexity index is 550. The van der Waals surface area contributed by atoms with Crippen LogP contribution in [0.3, 0.4) is 0 Å². The summed E-state index contributed by atoms with van der Waals surface area (Å²) in [6.45, 7) is 4.28. The van der Waals surface area contributed by atoms with Crippen molar-refractivity contribution in [3.05, 3.63) is 43.0 Å². The number of allylic oxidation sites excluding steroid dienone is 1. The van der Waals surface area contributed by atoms with Crippen molar-refractivity contribution in [3.8, 4) is 5.75 Å². The molecule has 0 radical (unpaired) electrons. The van der Waals surface area contributed by atoms with Gasteiger partial charge in [-0.25, -0.2) is 5.09 Å². The molecule has 1 unspecified atom stereocenters. The van der Waals surface area contributed by atoms with Crippen LogP contribution in [0.5, 0.6) is 5.75 Å². The van der Waals surface area contributed by atoms with Crippen molar-refractivity contribution in [2.24, 2.45) is 0 Å². The first kappa shape index (κ1) is 17.3. The fraction of sp³-hybridized carbons (Fsp3) is 0.308. The Morgan fingerprint density at radius 1 is 1.52 bits per heavy atom. The molecule has 0 aliphatic rings. The zero-order valence-corrected chi connectivity index (χ0v) is 12.2. The third kappa shape index (κ3) is 4.37. The molecule has 8 heteroatoms. The van der Waals surface area contributed by atoms with Gasteiger partial charge in [0.05, 0.1) is 0 Å². The lowest BCUT2D eigenvalue weighted by Gasteiger charge is -2.28. The molecule has 0 aliphatic heterocycles. The number of para-hydroxylation sites is 1. The third-order valence-electron chi connectivity index (χ3n) is 2.53. The van der Waals surface area contributed by atoms with Crippen LogP contribution in [-0.2, 0) is 9.36 Å². The summed E-state index contributed by atoms with van der Waals surface area (Å²) < 4.78 is 45.6. The molecular formula is C13H16F2NO4P. The summed E-state index contributed by atoms with van der Waals surface area (Å²) in [5.74, 6) is -1.46. The average molecular weight is 319 g/mol. The molecule has 1 aromatic rings. The van der Waals surface area contributed by atoms with Crippen molar-refractivity contribution in [1.82, 2.24) is 5.09 Å². The van der Waals surface area contributed by atoms with Crippen LogP contribution in [0, 0.1) is 0 Å². The molecule has 0 amide bonds. The molecule has 2 atom stereocenters. The molecule has 0 aliphatic carbocycles. The van der Waals surface area contributed by atoms with Gasteiger partial charge in [0.1, 0.15) is 11.8 Å². The van der Waals surface area contributed by atoms with Crippen molar-refractivity contribution in [3.63, 3.8) is 0 Å². The topological polar surface area (TPSA) is 75.6 Å². The molecule has 2 N–H and O–H groups in total. The molecule has 5 nitrogen and oxygen atoms in total. The summed E-state index contributed by atoms with van der Waals surface area (Å²) in [7, 11) is -4.81. The number of hydrogen-bond acceptors (Lipinski definition) is 3. The molecule has 0 aromatic heterocycles. The molecule has 0 bridgehead atoms. The van der Waals surface area contributed by atoms with Gasteiger partial charge in [0, 0.05) is 6.42 Å². The van der Waals surface area contributed by atoms with Crippen LogP contribution >= 0.6 is 7.52 Å². The molecule has 21 heavy (non-hydrogen) atoms. The van der Waals surface area contributed by atoms with Crippen molar-refractivity contribution in [2.45, 2.75) is 25.1 Å². The Balaban J connectivity index is 3.12. The number of carboxylic acid groups (broad SMARTS) is 1. The molecule has 0 saturated heterocycles. The lowest BCUT2D eigenvalue weighted by atomic mass is 10.3. The number of halogens is 2. The van der Waals surface area contributed by atoms with Gasteiger partial charge in [0.2, 0.25) is 0 Å². The van der Waals surface area contributed by atoms with Crippen molar-refractivity contribution in [2.75, 3.05) is 0 Å². The van der Waals surface area contributed by atoms with Crippen LogP contribution in [0.1, 0.15) is 13.3 Å². The Kier molecular flexibility index (Phi) is 5.63. The minimum atomic E-state index is -4.81. The van der Waals surface area contributed by atoms with Crippen LogP contribution in [0.15, 0.2) is 43.0 Å². The van der Waals surface area contributed by atoms with E-state index in [2.05, 4.69) is 6.58 Å². The van der Waals surface area contributed by atoms with Gasteiger partial charge >= 0.3 is 19.2 Å². The second-order valence-electron chi connectivity index (χ2n) is 4.30. The fourth-order valence-electron chi connectivity index (χ4n) is 1.42. The number of hydrogen-bond donors (Lipinski definition) is 2. The monoisotopic (exact) mass is 319 g/mol. The summed E-state index contributed by atoms with van der Waals surface area (Å²) in [6, 6.07) is 5.91. The van der Waals surface area contributed by atoms with E-state index in [4.69, 9.17) is 9.63 Å². The Morgan fingerprint density at radius 3 is 2.57 bits per heavy atom. The first-order chi connectivity index (χ1) is 9.72. The van der Waals surface area contributed by atoms with Crippen LogP contribution < -0.4 is 9.61 Å². The third-order valence-corrected chi connectivity index (χ3v) is 4.77. The van der Waals surface area contributed by atoms with E-state index in [0.29, 0.717) is 0 Å². The second-order valence-corrected chi connectivity index (χ2v) is 6.50. The minimum Gasteiger partial charge on any atom is -0.480 e. The largest absolute Gasteiger partial charge is 0.480 e. The van der Waals surface area contributed by atoms with E-state index in [1.807, 2.05) is 5.09 Å². The summed E-state index contributed by atoms with van der Waals surface area (Å²) in [6.07, 6.45) is -0.00936. The quantitative estimate of drug-likeness (QED) is 0.566. The van der Waals surface area contributed by atoms with Gasteiger partial charge in [0.15, 0.2) is 0 Å². The van der Waals surface area contributed by atoms with Crippen molar-refractivity contribution in [1.29, 1.82) is 0 Å². The van der Waals surface area contributed by atoms with E-state index in [9.17, 15) is 18.1 Å². The highest BCUT2D eigenvalue weighted by Crippen LogP contribution is 2.59. The average Bonchev–Trinajstić information content (AvgIpc) is 2.39. The number of benzene rings is 1. The van der Waals surface area contributed by atoms with Crippen LogP contribution in [0.2, 0.25) is 0 Å². The van der Waals surface area contributed by atoms with Gasteiger partial charge in [-0.3, -0.25) is 9.36 Å². The number of nitrogens with one attached hydrogen (secondary N) is 1. The summed E-state index contributed by atoms with van der Waals surface area (Å²) in [5.41, 5.74) is -3.78. The number of aliphatic carboxylic acids is 1. The molecule has 1 aromatic carbocycles. The zero-order chi connectivity index (χ0) is 16.1. The summed E-state index contributed by atoms with van der Waals surface area (Å²) in [5, 5.41) is 10.7. The maximum Gasteiger partial charge on any atom is 0.386 e. The maximum absolute atomic E-state index is 14.1. The van der Waals surface area contributed by atoms with Gasteiger partial charge in [-0.15, -0.1) is 6.58 Å². The first-order valence-corrected chi connectivity index (χ1v) is 7.68.